The molecule has 2 aliphatic rings. The number of carbonyl (C=O) groups is 2. The van der Waals surface area contributed by atoms with Gasteiger partial charge in [0.2, 0.25) is 11.9 Å². The van der Waals surface area contributed by atoms with E-state index in [1.54, 1.807) is 20.4 Å². The van der Waals surface area contributed by atoms with E-state index in [9.17, 15) is 9.59 Å². The zero-order valence-corrected chi connectivity index (χ0v) is 18.2. The minimum atomic E-state index is -0.676. The largest absolute Gasteiger partial charge is 0.497 e. The fourth-order valence-electron chi connectivity index (χ4n) is 3.67. The van der Waals surface area contributed by atoms with E-state index in [4.69, 9.17) is 4.74 Å². The van der Waals surface area contributed by atoms with Crippen LogP contribution in [0.15, 0.2) is 64.7 Å². The van der Waals surface area contributed by atoms with Crippen LogP contribution in [0.4, 0.5) is 4.79 Å². The summed E-state index contributed by atoms with van der Waals surface area (Å²) < 4.78 is 7.02. The molecule has 3 amide bonds. The molecule has 9 nitrogen and oxygen atoms in total. The number of methoxy groups -OCH3 is 1. The summed E-state index contributed by atoms with van der Waals surface area (Å²) in [5, 5.41) is 4.30. The molecule has 0 radical (unpaired) electrons. The molecule has 0 bridgehead atoms. The molecule has 1 fully saturated rings. The summed E-state index contributed by atoms with van der Waals surface area (Å²) in [6, 6.07) is 16.4. The number of likely N-dealkylation sites (N-methyl/N-ethyl adjacent to an activating group) is 2. The first kappa shape index (κ1) is 21.2. The molecule has 0 saturated carbocycles. The van der Waals surface area contributed by atoms with Gasteiger partial charge in [0.15, 0.2) is 0 Å². The highest BCUT2D eigenvalue weighted by Gasteiger charge is 2.51. The lowest BCUT2D eigenvalue weighted by Crippen LogP contribution is -2.61. The third kappa shape index (κ3) is 4.09. The molecule has 1 N–H and O–H groups in total. The number of fused-ring (bicyclic) bond motifs is 1. The zero-order chi connectivity index (χ0) is 22.7. The number of hydrazone groups is 1. The number of benzene rings is 2. The van der Waals surface area contributed by atoms with Gasteiger partial charge in [0.1, 0.15) is 5.75 Å². The van der Waals surface area contributed by atoms with Crippen molar-refractivity contribution in [2.45, 2.75) is 12.5 Å². The van der Waals surface area contributed by atoms with E-state index >= 15 is 0 Å². The summed E-state index contributed by atoms with van der Waals surface area (Å²) in [6.07, 6.45) is 2.37. The molecule has 164 valence electrons. The van der Waals surface area contributed by atoms with Crippen molar-refractivity contribution >= 4 is 29.9 Å². The van der Waals surface area contributed by atoms with E-state index < -0.39 is 12.1 Å². The molecule has 1 saturated heterocycles. The number of hydrogen-bond acceptors (Lipinski definition) is 6. The van der Waals surface area contributed by atoms with Gasteiger partial charge in [-0.2, -0.15) is 5.43 Å². The van der Waals surface area contributed by atoms with Gasteiger partial charge in [-0.3, -0.25) is 14.6 Å². The molecule has 2 aromatic rings. The second kappa shape index (κ2) is 9.01. The first-order valence-electron chi connectivity index (χ1n) is 10.2. The van der Waals surface area contributed by atoms with Gasteiger partial charge in [0.25, 0.3) is 5.91 Å². The number of rotatable bonds is 6. The molecule has 2 aliphatic heterocycles. The van der Waals surface area contributed by atoms with Gasteiger partial charge >= 0.3 is 12.0 Å². The second-order valence-corrected chi connectivity index (χ2v) is 7.51. The highest BCUT2D eigenvalue weighted by molar-refractivity contribution is 6.22. The number of carbonyl (C=O) groups excluding carboxylic acids is 2. The number of guanidine groups is 1. The predicted octanol–water partition coefficient (Wildman–Crippen LogP) is 1.53. The quantitative estimate of drug-likeness (QED) is 0.425. The molecule has 0 aromatic heterocycles. The smallest absolute Gasteiger partial charge is 0.413 e. The van der Waals surface area contributed by atoms with E-state index in [0.717, 1.165) is 21.8 Å². The fourth-order valence-corrected chi connectivity index (χ4v) is 3.67. The molecule has 9 heteroatoms. The van der Waals surface area contributed by atoms with Crippen molar-refractivity contribution in [3.8, 4) is 5.75 Å². The molecule has 1 atom stereocenters. The number of nitrogens with one attached hydrogen (secondary N) is 1. The first-order valence-corrected chi connectivity index (χ1v) is 10.2. The van der Waals surface area contributed by atoms with Gasteiger partial charge < -0.3 is 4.74 Å². The Hall–Kier alpha value is -4.01. The van der Waals surface area contributed by atoms with Crippen molar-refractivity contribution < 1.29 is 18.9 Å². The van der Waals surface area contributed by atoms with E-state index in [0.29, 0.717) is 24.8 Å². The van der Waals surface area contributed by atoms with Crippen LogP contribution >= 0.6 is 0 Å². The van der Waals surface area contributed by atoms with Crippen LogP contribution in [0.5, 0.6) is 5.75 Å². The van der Waals surface area contributed by atoms with Gasteiger partial charge in [-0.1, -0.05) is 35.3 Å². The molecule has 0 spiro atoms. The van der Waals surface area contributed by atoms with Crippen molar-refractivity contribution in [2.75, 3.05) is 27.7 Å². The van der Waals surface area contributed by atoms with E-state index in [1.165, 1.54) is 11.9 Å². The Bertz CT molecular complexity index is 1110. The van der Waals surface area contributed by atoms with E-state index in [-0.39, 0.29) is 5.91 Å². The Balaban J connectivity index is 1.60. The third-order valence-corrected chi connectivity index (χ3v) is 5.51. The lowest BCUT2D eigenvalue weighted by molar-refractivity contribution is -0.536. The van der Waals surface area contributed by atoms with Crippen LogP contribution in [-0.2, 0) is 11.2 Å². The van der Waals surface area contributed by atoms with Crippen LogP contribution in [0, 0.1) is 0 Å². The second-order valence-electron chi connectivity index (χ2n) is 7.51. The molecule has 0 aliphatic carbocycles. The number of ether oxygens (including phenoxy) is 1. The first-order chi connectivity index (χ1) is 15.5. The van der Waals surface area contributed by atoms with Crippen molar-refractivity contribution in [1.82, 2.24) is 15.2 Å². The Labute approximate surface area is 186 Å². The lowest BCUT2D eigenvalue weighted by atomic mass is 10.1. The third-order valence-electron chi connectivity index (χ3n) is 5.51. The monoisotopic (exact) mass is 433 g/mol. The van der Waals surface area contributed by atoms with Gasteiger partial charge in [0.05, 0.1) is 19.9 Å². The number of aliphatic imine (C=N–C) groups is 1. The number of amides is 3. The predicted molar refractivity (Wildman–Crippen MR) is 121 cm³/mol. The summed E-state index contributed by atoms with van der Waals surface area (Å²) in [5.74, 6) is 1.27. The van der Waals surface area contributed by atoms with Crippen LogP contribution in [0.25, 0.3) is 0 Å². The van der Waals surface area contributed by atoms with Crippen LogP contribution in [0.1, 0.15) is 11.1 Å². The summed E-state index contributed by atoms with van der Waals surface area (Å²) in [7, 11) is 4.72. The number of amidine groups is 1. The van der Waals surface area contributed by atoms with E-state index in [2.05, 4.69) is 15.5 Å². The lowest BCUT2D eigenvalue weighted by Gasteiger charge is -2.31. The van der Waals surface area contributed by atoms with E-state index in [1.807, 2.05) is 59.2 Å². The van der Waals surface area contributed by atoms with Crippen LogP contribution in [0.3, 0.4) is 0 Å². The SMILES string of the molecule is COc1ccc(/C=N/NC2=[N+](CCc3ccccc3)C3C(=O)N(C)C(=O)N(C)C3=N2)cc1. The maximum absolute atomic E-state index is 13.0. The average molecular weight is 433 g/mol. The number of nitrogens with zero attached hydrogens (tertiary/aromatic N) is 5. The summed E-state index contributed by atoms with van der Waals surface area (Å²) in [6.45, 7) is 0.531. The molecule has 1 unspecified atom stereocenters. The number of hydrogen-bond donors (Lipinski definition) is 1. The molecule has 2 aromatic carbocycles. The van der Waals surface area contributed by atoms with Crippen molar-refractivity contribution in [2.24, 2.45) is 10.1 Å². The van der Waals surface area contributed by atoms with Crippen LogP contribution in [0.2, 0.25) is 0 Å². The van der Waals surface area contributed by atoms with Crippen LogP contribution < -0.4 is 10.2 Å². The minimum Gasteiger partial charge on any atom is -0.497 e. The van der Waals surface area contributed by atoms with Crippen molar-refractivity contribution in [1.29, 1.82) is 0 Å². The molecular weight excluding hydrogens is 408 g/mol. The Morgan fingerprint density at radius 2 is 1.81 bits per heavy atom. The van der Waals surface area contributed by atoms with Gasteiger partial charge in [-0.05, 0) is 35.4 Å². The van der Waals surface area contributed by atoms with Crippen molar-refractivity contribution in [3.63, 3.8) is 0 Å². The maximum atomic E-state index is 13.0. The van der Waals surface area contributed by atoms with Gasteiger partial charge in [0, 0.05) is 20.5 Å². The highest BCUT2D eigenvalue weighted by Crippen LogP contribution is 2.19. The topological polar surface area (TPSA) is 89.6 Å². The number of imide groups is 1. The van der Waals surface area contributed by atoms with Crippen molar-refractivity contribution in [3.05, 3.63) is 65.7 Å². The zero-order valence-electron chi connectivity index (χ0n) is 18.2. The van der Waals surface area contributed by atoms with Crippen LogP contribution in [-0.4, -0.2) is 78.1 Å². The maximum Gasteiger partial charge on any atom is 0.413 e. The highest BCUT2D eigenvalue weighted by atomic mass is 16.5. The average Bonchev–Trinajstić information content (AvgIpc) is 3.19. The summed E-state index contributed by atoms with van der Waals surface area (Å²) >= 11 is 0. The number of urea groups is 1. The standard InChI is InChI=1S/C23H24N6O3/c1-27-20-19(21(30)28(2)23(27)31)29(14-13-16-7-5-4-6-8-16)22(25-20)26-24-15-17-9-11-18(32-3)12-10-17/h4-12,15,19H,13-14H2,1-3H3/p+1/b24-15+. The summed E-state index contributed by atoms with van der Waals surface area (Å²) in [5.41, 5.74) is 4.97. The molecular formula is C23H25N6O3+. The molecule has 32 heavy (non-hydrogen) atoms. The Morgan fingerprint density at radius 3 is 2.50 bits per heavy atom. The van der Waals surface area contributed by atoms with Gasteiger partial charge in [-0.15, -0.1) is 5.10 Å². The fraction of sp³-hybridized carbons (Fsp3) is 0.261. The van der Waals surface area contributed by atoms with Gasteiger partial charge in [-0.25, -0.2) is 9.37 Å². The minimum absolute atomic E-state index is 0.309. The molecule has 2 heterocycles. The molecule has 4 rings (SSSR count). The summed E-state index contributed by atoms with van der Waals surface area (Å²) in [4.78, 5) is 32.4. The Morgan fingerprint density at radius 1 is 1.09 bits per heavy atom. The Kier molecular flexibility index (Phi) is 5.98. The normalized spacial score (nSPS) is 18.3.